The van der Waals surface area contributed by atoms with Crippen LogP contribution in [0.15, 0.2) is 52.7 Å². The van der Waals surface area contributed by atoms with Crippen LogP contribution in [0.5, 0.6) is 0 Å². The molecule has 17 heteroatoms. The third-order valence-corrected chi connectivity index (χ3v) is 31.3. The number of amides is 1. The van der Waals surface area contributed by atoms with Gasteiger partial charge in [0.15, 0.2) is 5.78 Å². The van der Waals surface area contributed by atoms with Crippen LogP contribution < -0.4 is 5.43 Å². The molecule has 1 aromatic rings. The van der Waals surface area contributed by atoms with Gasteiger partial charge in [-0.25, -0.2) is 10.2 Å². The van der Waals surface area contributed by atoms with Crippen molar-refractivity contribution in [3.05, 3.63) is 58.1 Å². The largest absolute Gasteiger partial charge is 0.462 e. The second-order valence-corrected chi connectivity index (χ2v) is 34.9. The summed E-state index contributed by atoms with van der Waals surface area (Å²) in [6.07, 6.45) is 30.8. The second-order valence-electron chi connectivity index (χ2n) is 34.2. The maximum atomic E-state index is 12.7. The van der Waals surface area contributed by atoms with Gasteiger partial charge in [0, 0.05) is 57.9 Å². The Morgan fingerprint density at radius 1 is 0.653 bits per heavy atom. The van der Waals surface area contributed by atoms with E-state index in [1.54, 1.807) is 30.3 Å². The lowest BCUT2D eigenvalue weighted by atomic mass is 9.41. The Hall–Kier alpha value is -3.99. The number of alkyl halides is 1. The highest BCUT2D eigenvalue weighted by atomic mass is 35.5. The van der Waals surface area contributed by atoms with E-state index in [-0.39, 0.29) is 82.1 Å². The van der Waals surface area contributed by atoms with Gasteiger partial charge in [-0.2, -0.15) is 5.10 Å². The molecule has 0 bridgehead atoms. The van der Waals surface area contributed by atoms with Crippen LogP contribution >= 0.6 is 23.2 Å². The summed E-state index contributed by atoms with van der Waals surface area (Å²) >= 11 is 11.6. The number of aldehydes is 1. The van der Waals surface area contributed by atoms with Crippen LogP contribution in [0.1, 0.15) is 245 Å². The van der Waals surface area contributed by atoms with Gasteiger partial charge in [-0.05, 0) is 279 Å². The minimum Gasteiger partial charge on any atom is -0.462 e. The molecule has 12 saturated carbocycles. The Kier molecular flexibility index (Phi) is 18.9. The predicted octanol–water partition coefficient (Wildman–Crippen LogP) is 13.9. The Morgan fingerprint density at radius 2 is 1.29 bits per heavy atom. The number of carbonyl (C=O) groups excluding carboxylic acids is 6. The third-order valence-electron chi connectivity index (χ3n) is 30.8. The van der Waals surface area contributed by atoms with Gasteiger partial charge in [0.1, 0.15) is 31.0 Å². The number of esters is 3. The quantitative estimate of drug-likeness (QED) is 0.0509. The zero-order valence-electron chi connectivity index (χ0n) is 57.4. The first-order chi connectivity index (χ1) is 45.1. The van der Waals surface area contributed by atoms with E-state index in [1.165, 1.54) is 49.8 Å². The Morgan fingerprint density at radius 3 is 1.97 bits per heavy atom. The lowest BCUT2D eigenvalue weighted by Gasteiger charge is -2.65. The number of halogens is 2. The lowest BCUT2D eigenvalue weighted by molar-refractivity contribution is -0.249. The van der Waals surface area contributed by atoms with Crippen molar-refractivity contribution in [2.24, 2.45) is 103 Å². The Balaban J connectivity index is 0.000000129. The number of hydrogen-bond acceptors (Lipinski definition) is 14. The molecule has 0 radical (unpaired) electrons. The number of aliphatic hydroxyl groups is 4. The number of cyclic esters (lactones) is 1. The number of nitrogens with one attached hydrogen (secondary N) is 1. The van der Waals surface area contributed by atoms with Gasteiger partial charge in [-0.15, -0.1) is 11.6 Å². The molecule has 13 aliphatic carbocycles. The molecule has 12 fully saturated rings. The first kappa shape index (κ1) is 69.5. The molecule has 15 nitrogen and oxygen atoms in total. The molecule has 1 aliphatic heterocycles. The van der Waals surface area contributed by atoms with Crippen molar-refractivity contribution in [2.45, 2.75) is 269 Å². The van der Waals surface area contributed by atoms with E-state index in [4.69, 9.17) is 37.4 Å². The summed E-state index contributed by atoms with van der Waals surface area (Å²) in [5.74, 6) is 3.57. The van der Waals surface area contributed by atoms with Crippen LogP contribution in [-0.2, 0) is 38.2 Å². The number of rotatable bonds is 9. The van der Waals surface area contributed by atoms with Crippen LogP contribution in [0.3, 0.4) is 0 Å². The molecule has 19 unspecified atom stereocenters. The highest BCUT2D eigenvalue weighted by Gasteiger charge is 2.73. The normalized spacial score (nSPS) is 47.0. The smallest absolute Gasteiger partial charge is 0.331 e. The average molecular weight is 1350 g/mol. The zero-order chi connectivity index (χ0) is 67.5. The summed E-state index contributed by atoms with van der Waals surface area (Å²) in [5, 5.41) is 51.7. The molecule has 0 aromatic heterocycles. The molecule has 0 spiro atoms. The van der Waals surface area contributed by atoms with Gasteiger partial charge in [0.05, 0.1) is 28.3 Å². The molecule has 15 rings (SSSR count). The molecule has 0 saturated heterocycles. The molecule has 522 valence electrons. The molecule has 95 heavy (non-hydrogen) atoms. The molecule has 1 aromatic carbocycles. The van der Waals surface area contributed by atoms with Gasteiger partial charge in [-0.3, -0.25) is 19.2 Å². The van der Waals surface area contributed by atoms with Crippen molar-refractivity contribution in [1.82, 2.24) is 5.43 Å². The number of allylic oxidation sites excluding steroid dienone is 2. The van der Waals surface area contributed by atoms with Crippen molar-refractivity contribution in [1.29, 1.82) is 0 Å². The number of ketones is 1. The van der Waals surface area contributed by atoms with E-state index >= 15 is 0 Å². The van der Waals surface area contributed by atoms with E-state index in [0.29, 0.717) is 103 Å². The number of fused-ring (bicyclic) bond motifs is 15. The average Bonchev–Trinajstić information content (AvgIpc) is 1.65. The monoisotopic (exact) mass is 1350 g/mol. The highest BCUT2D eigenvalue weighted by Crippen LogP contribution is 2.73. The topological polar surface area (TPSA) is 235 Å². The summed E-state index contributed by atoms with van der Waals surface area (Å²) < 4.78 is 16.3. The van der Waals surface area contributed by atoms with E-state index in [1.807, 2.05) is 13.0 Å². The molecule has 14 aliphatic rings. The maximum Gasteiger partial charge on any atom is 0.331 e. The van der Waals surface area contributed by atoms with Crippen molar-refractivity contribution >= 4 is 64.8 Å². The van der Waals surface area contributed by atoms with Crippen molar-refractivity contribution in [3.8, 4) is 0 Å². The van der Waals surface area contributed by atoms with Crippen LogP contribution in [0.4, 0.5) is 0 Å². The number of hydrazone groups is 1. The zero-order valence-corrected chi connectivity index (χ0v) is 58.9. The van der Waals surface area contributed by atoms with Gasteiger partial charge >= 0.3 is 17.9 Å². The molecule has 1 amide bonds. The standard InChI is InChI=1S/C27H40O4.C26H35ClN2O2.C25H33ClO7/c1-4-24(29)31-20-9-12-25(2)18(16-20)6-8-23-22(25)10-13-26(3)21(11-14-27(23,26)30)17-5-7-19(28)15-17;1-25-12-10-19(30)15-17(25)6-7-20-21-8-9-23(26(21,2)13-11-22(20)25)28-29-24(31)16-4-3-5-18(27)14-16;1-22-6-3-18-19(25(22,31)9-5-17(22)15-10-20(28)32-13-15)4-8-24(30)11-16(33-21(29)12-26)2-7-23(18,24)14-27/h15,18,20-23,30H,4-14,16H2,1-3H3;3-5,14,17,19-22,30H,6-13,15H2,1-2H3,(H,29,31);10,14,16-19,30-31H,2-9,11-13H2,1H3/b;28-23+;/t18?,20?,21?,22-,23+,25?,26?,27?;;16?,17?,18-,19+,22?,23?,24?,25?/m0.0/s1. The highest BCUT2D eigenvalue weighted by molar-refractivity contribution is 6.31. The molecule has 5 N–H and O–H groups in total. The summed E-state index contributed by atoms with van der Waals surface area (Å²) in [5.41, 5.74) is 3.28. The number of ether oxygens (including phenoxy) is 3. The number of hydrogen-bond donors (Lipinski definition) is 5. The maximum absolute atomic E-state index is 12.7. The minimum atomic E-state index is -1.26. The summed E-state index contributed by atoms with van der Waals surface area (Å²) in [7, 11) is 0. The van der Waals surface area contributed by atoms with Crippen molar-refractivity contribution in [3.63, 3.8) is 0 Å². The first-order valence-electron chi connectivity index (χ1n) is 37.1. The van der Waals surface area contributed by atoms with Gasteiger partial charge in [0.2, 0.25) is 0 Å². The van der Waals surface area contributed by atoms with Crippen LogP contribution in [-0.4, -0.2) is 110 Å². The van der Waals surface area contributed by atoms with Crippen LogP contribution in [0.25, 0.3) is 0 Å². The van der Waals surface area contributed by atoms with Gasteiger partial charge < -0.3 is 39.4 Å². The molecular formula is C78H108Cl2N2O13. The fourth-order valence-corrected chi connectivity index (χ4v) is 26.0. The van der Waals surface area contributed by atoms with E-state index < -0.39 is 39.7 Å². The minimum absolute atomic E-state index is 0.0678. The van der Waals surface area contributed by atoms with Crippen LogP contribution in [0, 0.1) is 97.6 Å². The van der Waals surface area contributed by atoms with Crippen molar-refractivity contribution in [2.75, 3.05) is 12.5 Å². The van der Waals surface area contributed by atoms with E-state index in [0.717, 1.165) is 126 Å². The van der Waals surface area contributed by atoms with Crippen molar-refractivity contribution < 1.29 is 63.4 Å². The Labute approximate surface area is 573 Å². The van der Waals surface area contributed by atoms with E-state index in [2.05, 4.69) is 45.1 Å². The number of carbonyl (C=O) groups is 6. The van der Waals surface area contributed by atoms with Crippen LogP contribution in [0.2, 0.25) is 5.02 Å². The van der Waals surface area contributed by atoms with Gasteiger partial charge in [-0.1, -0.05) is 64.8 Å². The number of nitrogens with zero attached hydrogens (tertiary/aromatic N) is 1. The fourth-order valence-electron chi connectivity index (χ4n) is 25.7. The summed E-state index contributed by atoms with van der Waals surface area (Å²) in [6, 6.07) is 7.01. The molecular weight excluding hydrogens is 1240 g/mol. The Bertz CT molecular complexity index is 3280. The number of benzene rings is 1. The molecule has 23 atom stereocenters. The summed E-state index contributed by atoms with van der Waals surface area (Å²) in [6.45, 7) is 14.0. The first-order valence-corrected chi connectivity index (χ1v) is 38.1. The second kappa shape index (κ2) is 25.9. The predicted molar refractivity (Wildman–Crippen MR) is 361 cm³/mol. The molecule has 1 heterocycles. The number of aliphatic hydroxyl groups excluding tert-OH is 1. The van der Waals surface area contributed by atoms with E-state index in [9.17, 15) is 49.2 Å². The SMILES string of the molecule is CC12CCC3C(CCC4CC(O)CCC43C)C1CC/C2=N\NC(=O)c1cccc(Cl)c1.CC12CC[C@H]3[C@@H](CCC4(O)CC(OC(=O)CCl)CCC34C=O)C1(O)CCC2C1=CC(=O)OC1.CCC(=O)OC1CCC2(C)C(CC[C@@H]3[C@@H]2CCC2(C)C(C4=CC(=O)CC4)CCC32O)C1. The summed E-state index contributed by atoms with van der Waals surface area (Å²) in [4.78, 5) is 72.5. The lowest BCUT2D eigenvalue weighted by Crippen LogP contribution is -2.69. The fraction of sp³-hybridized carbons (Fsp3) is 0.782. The third kappa shape index (κ3) is 11.4. The van der Waals surface area contributed by atoms with Gasteiger partial charge in [0.25, 0.3) is 5.91 Å².